The number of carboxylic acids is 1. The van der Waals surface area contributed by atoms with Crippen molar-refractivity contribution in [2.45, 2.75) is 23.3 Å². The first-order chi connectivity index (χ1) is 14.6. The van der Waals surface area contributed by atoms with Crippen molar-refractivity contribution < 1.29 is 25.2 Å². The number of fused-ring (bicyclic) bond motifs is 4. The molecule has 1 aliphatic rings. The van der Waals surface area contributed by atoms with Gasteiger partial charge in [0.2, 0.25) is 3.61 Å². The lowest BCUT2D eigenvalue weighted by Crippen LogP contribution is -2.34. The van der Waals surface area contributed by atoms with Crippen LogP contribution in [0.5, 0.6) is 5.75 Å². The molecule has 1 aromatic carbocycles. The molecule has 162 valence electrons. The minimum absolute atomic E-state index is 0.150. The Hall–Kier alpha value is -2.54. The predicted molar refractivity (Wildman–Crippen MR) is 121 cm³/mol. The standard InChI is InChI=1S/C21H20IN3O6/c1-24(2)8-12-11-5-10-7-25-16(18(10)23-15(11)3-4-17(12)27)6-14(13(9-26)19(25)28)21(22,31)20(29)30/h3-6,26-27,31H,7-9H2,1-2H3,(H,29,30)/t21-/m0/s1. The summed E-state index contributed by atoms with van der Waals surface area (Å²) in [5, 5.41) is 40.7. The van der Waals surface area contributed by atoms with Crippen LogP contribution in [0.3, 0.4) is 0 Å². The lowest BCUT2D eigenvalue weighted by molar-refractivity contribution is -0.148. The number of aromatic nitrogens is 2. The number of nitrogens with zero attached hydrogens (tertiary/aromatic N) is 3. The highest BCUT2D eigenvalue weighted by molar-refractivity contribution is 14.1. The van der Waals surface area contributed by atoms with E-state index in [1.807, 2.05) is 25.1 Å². The largest absolute Gasteiger partial charge is 0.508 e. The van der Waals surface area contributed by atoms with Crippen LogP contribution in [-0.2, 0) is 28.1 Å². The number of alkyl halides is 1. The second kappa shape index (κ2) is 7.55. The van der Waals surface area contributed by atoms with Gasteiger partial charge < -0.3 is 29.9 Å². The third-order valence-electron chi connectivity index (χ3n) is 5.41. The van der Waals surface area contributed by atoms with Gasteiger partial charge in [-0.15, -0.1) is 0 Å². The van der Waals surface area contributed by atoms with Gasteiger partial charge in [0, 0.05) is 28.6 Å². The normalized spacial score (nSPS) is 14.5. The number of halogens is 1. The molecular weight excluding hydrogens is 517 g/mol. The first-order valence-corrected chi connectivity index (χ1v) is 10.5. The maximum absolute atomic E-state index is 13.0. The molecule has 0 spiro atoms. The number of aromatic hydroxyl groups is 1. The summed E-state index contributed by atoms with van der Waals surface area (Å²) in [5.74, 6) is -1.39. The monoisotopic (exact) mass is 537 g/mol. The third-order valence-corrected chi connectivity index (χ3v) is 6.45. The number of aliphatic hydroxyl groups excluding tert-OH is 1. The highest BCUT2D eigenvalue weighted by Crippen LogP contribution is 2.38. The number of benzene rings is 1. The number of hydrogen-bond donors (Lipinski definition) is 4. The number of carboxylic acid groups (broad SMARTS) is 1. The van der Waals surface area contributed by atoms with Crippen LogP contribution in [0, 0.1) is 0 Å². The molecule has 3 heterocycles. The Morgan fingerprint density at radius 1 is 1.29 bits per heavy atom. The van der Waals surface area contributed by atoms with Crippen LogP contribution >= 0.6 is 22.6 Å². The number of pyridine rings is 2. The lowest BCUT2D eigenvalue weighted by atomic mass is 10.0. The van der Waals surface area contributed by atoms with E-state index in [1.165, 1.54) is 33.2 Å². The van der Waals surface area contributed by atoms with Gasteiger partial charge in [0.15, 0.2) is 0 Å². The second-order valence-corrected chi connectivity index (χ2v) is 9.32. The Morgan fingerprint density at radius 2 is 2.00 bits per heavy atom. The number of phenols is 1. The van der Waals surface area contributed by atoms with Gasteiger partial charge in [-0.1, -0.05) is 0 Å². The van der Waals surface area contributed by atoms with E-state index in [9.17, 15) is 30.0 Å². The average Bonchev–Trinajstić information content (AvgIpc) is 3.06. The predicted octanol–water partition coefficient (Wildman–Crippen LogP) is 1.35. The summed E-state index contributed by atoms with van der Waals surface area (Å²) in [7, 11) is 3.78. The quantitative estimate of drug-likeness (QED) is 0.221. The van der Waals surface area contributed by atoms with E-state index in [-0.39, 0.29) is 23.4 Å². The van der Waals surface area contributed by atoms with Crippen molar-refractivity contribution in [2.75, 3.05) is 14.1 Å². The zero-order valence-electron chi connectivity index (χ0n) is 16.8. The number of carbonyl (C=O) groups is 1. The van der Waals surface area contributed by atoms with Crippen LogP contribution in [-0.4, -0.2) is 54.9 Å². The minimum atomic E-state index is -2.38. The van der Waals surface area contributed by atoms with Gasteiger partial charge in [-0.25, -0.2) is 9.78 Å². The van der Waals surface area contributed by atoms with Gasteiger partial charge in [-0.05, 0) is 61.0 Å². The first kappa shape index (κ1) is 21.7. The Balaban J connectivity index is 1.99. The Kier molecular flexibility index (Phi) is 5.28. The molecule has 0 bridgehead atoms. The van der Waals surface area contributed by atoms with Crippen molar-refractivity contribution in [2.24, 2.45) is 0 Å². The molecule has 2 aromatic heterocycles. The summed E-state index contributed by atoms with van der Waals surface area (Å²) < 4.78 is -0.972. The maximum Gasteiger partial charge on any atom is 0.351 e. The topological polar surface area (TPSA) is 136 Å². The SMILES string of the molecule is CN(C)Cc1c(O)ccc2nc3c(cc12)Cn1c-3cc([C@@](O)(I)C(=O)O)c(CO)c1=O. The van der Waals surface area contributed by atoms with Crippen LogP contribution in [0.25, 0.3) is 22.3 Å². The summed E-state index contributed by atoms with van der Waals surface area (Å²) >= 11 is 1.34. The third kappa shape index (κ3) is 3.39. The number of aliphatic hydroxyl groups is 2. The van der Waals surface area contributed by atoms with Gasteiger partial charge in [0.25, 0.3) is 5.56 Å². The minimum Gasteiger partial charge on any atom is -0.508 e. The van der Waals surface area contributed by atoms with Gasteiger partial charge in [-0.2, -0.15) is 0 Å². The fraction of sp³-hybridized carbons (Fsp3) is 0.286. The summed E-state index contributed by atoms with van der Waals surface area (Å²) in [6.45, 7) is -0.0288. The average molecular weight is 537 g/mol. The zero-order chi connectivity index (χ0) is 22.7. The summed E-state index contributed by atoms with van der Waals surface area (Å²) in [5.41, 5.74) is 1.99. The Bertz CT molecular complexity index is 1300. The summed E-state index contributed by atoms with van der Waals surface area (Å²) in [4.78, 5) is 31.2. The molecule has 0 saturated carbocycles. The van der Waals surface area contributed by atoms with Crippen molar-refractivity contribution >= 4 is 39.5 Å². The van der Waals surface area contributed by atoms with Crippen LogP contribution in [0.1, 0.15) is 22.3 Å². The van der Waals surface area contributed by atoms with E-state index in [0.29, 0.717) is 29.0 Å². The molecule has 0 fully saturated rings. The van der Waals surface area contributed by atoms with Crippen LogP contribution in [0.4, 0.5) is 0 Å². The van der Waals surface area contributed by atoms with E-state index in [1.54, 1.807) is 12.1 Å². The van der Waals surface area contributed by atoms with E-state index in [4.69, 9.17) is 0 Å². The van der Waals surface area contributed by atoms with Gasteiger partial charge in [-0.3, -0.25) is 4.79 Å². The van der Waals surface area contributed by atoms with Crippen LogP contribution in [0.15, 0.2) is 29.1 Å². The van der Waals surface area contributed by atoms with Gasteiger partial charge >= 0.3 is 5.97 Å². The number of hydrogen-bond acceptors (Lipinski definition) is 7. The molecule has 31 heavy (non-hydrogen) atoms. The zero-order valence-corrected chi connectivity index (χ0v) is 18.9. The van der Waals surface area contributed by atoms with Crippen molar-refractivity contribution in [3.63, 3.8) is 0 Å². The number of phenolic OH excluding ortho intramolecular Hbond substituents is 1. The number of aliphatic carboxylic acids is 1. The van der Waals surface area contributed by atoms with Crippen molar-refractivity contribution in [3.8, 4) is 17.1 Å². The highest BCUT2D eigenvalue weighted by atomic mass is 127. The molecule has 0 unspecified atom stereocenters. The van der Waals surface area contributed by atoms with Gasteiger partial charge in [0.05, 0.1) is 35.6 Å². The lowest BCUT2D eigenvalue weighted by Gasteiger charge is -2.20. The van der Waals surface area contributed by atoms with Gasteiger partial charge in [0.1, 0.15) is 5.75 Å². The Morgan fingerprint density at radius 3 is 2.61 bits per heavy atom. The van der Waals surface area contributed by atoms with E-state index < -0.39 is 21.7 Å². The van der Waals surface area contributed by atoms with E-state index in [2.05, 4.69) is 4.98 Å². The van der Waals surface area contributed by atoms with Crippen molar-refractivity contribution in [3.05, 3.63) is 56.9 Å². The molecule has 0 radical (unpaired) electrons. The molecule has 0 aliphatic carbocycles. The highest BCUT2D eigenvalue weighted by Gasteiger charge is 2.39. The molecule has 0 saturated heterocycles. The Labute approximate surface area is 190 Å². The summed E-state index contributed by atoms with van der Waals surface area (Å²) in [6.07, 6.45) is 0. The second-order valence-electron chi connectivity index (χ2n) is 7.76. The van der Waals surface area contributed by atoms with Crippen LogP contribution < -0.4 is 5.56 Å². The van der Waals surface area contributed by atoms with E-state index in [0.717, 1.165) is 10.9 Å². The first-order valence-electron chi connectivity index (χ1n) is 9.38. The molecule has 3 aromatic rings. The van der Waals surface area contributed by atoms with Crippen molar-refractivity contribution in [1.82, 2.24) is 14.5 Å². The van der Waals surface area contributed by atoms with Crippen molar-refractivity contribution in [1.29, 1.82) is 0 Å². The molecule has 4 rings (SSSR count). The maximum atomic E-state index is 13.0. The summed E-state index contributed by atoms with van der Waals surface area (Å²) in [6, 6.07) is 6.52. The smallest absolute Gasteiger partial charge is 0.351 e. The molecule has 0 amide bonds. The number of rotatable bonds is 5. The fourth-order valence-electron chi connectivity index (χ4n) is 3.94. The van der Waals surface area contributed by atoms with Crippen LogP contribution in [0.2, 0.25) is 0 Å². The fourth-order valence-corrected chi connectivity index (χ4v) is 4.42. The molecule has 4 N–H and O–H groups in total. The van der Waals surface area contributed by atoms with E-state index >= 15 is 0 Å². The molecule has 1 atom stereocenters. The molecule has 1 aliphatic heterocycles. The molecule has 9 nitrogen and oxygen atoms in total. The molecule has 10 heteroatoms. The molecular formula is C21H20IN3O6.